The van der Waals surface area contributed by atoms with Gasteiger partial charge in [0.1, 0.15) is 0 Å². The fourth-order valence-electron chi connectivity index (χ4n) is 0. The van der Waals surface area contributed by atoms with E-state index in [1.807, 2.05) is 0 Å². The standard InChI is InChI=1S/C2H4.Ca.2ClH/c1-2;;;/h1-2H2;;2*1H/q;+2;;/p-2. The predicted octanol–water partition coefficient (Wildman–Crippen LogP) is -5.57. The molecule has 0 fully saturated rings. The minimum atomic E-state index is 0. The molecule has 0 nitrogen and oxygen atoms in total. The van der Waals surface area contributed by atoms with E-state index >= 15 is 0 Å². The van der Waals surface area contributed by atoms with Crippen LogP contribution in [0.15, 0.2) is 13.2 Å². The molecule has 5 heavy (non-hydrogen) atoms. The summed E-state index contributed by atoms with van der Waals surface area (Å²) < 4.78 is 0. The van der Waals surface area contributed by atoms with Crippen molar-refractivity contribution in [3.8, 4) is 0 Å². The molecule has 0 aromatic rings. The predicted molar refractivity (Wildman–Crippen MR) is 17.0 cm³/mol. The Morgan fingerprint density at radius 3 is 0.800 bits per heavy atom. The van der Waals surface area contributed by atoms with Crippen LogP contribution < -0.4 is 24.8 Å². The number of hydrogen-bond acceptors (Lipinski definition) is 0. The first-order chi connectivity index (χ1) is 1.00. The topological polar surface area (TPSA) is 0 Å². The van der Waals surface area contributed by atoms with Crippen LogP contribution >= 0.6 is 0 Å². The van der Waals surface area contributed by atoms with E-state index in [0.717, 1.165) is 0 Å². The third-order valence-corrected chi connectivity index (χ3v) is 0. The molecule has 0 spiro atoms. The molecule has 0 heterocycles. The van der Waals surface area contributed by atoms with Crippen molar-refractivity contribution < 1.29 is 24.8 Å². The van der Waals surface area contributed by atoms with Gasteiger partial charge in [0, 0.05) is 0 Å². The molecule has 0 bridgehead atoms. The van der Waals surface area contributed by atoms with Gasteiger partial charge in [-0.05, 0) is 0 Å². The molecule has 0 aliphatic rings. The summed E-state index contributed by atoms with van der Waals surface area (Å²) in [6.07, 6.45) is 0. The SMILES string of the molecule is C=C.[Ca+2].[Cl-].[Cl-]. The van der Waals surface area contributed by atoms with E-state index < -0.39 is 0 Å². The third kappa shape index (κ3) is 28.7. The Morgan fingerprint density at radius 1 is 0.800 bits per heavy atom. The number of halogens is 2. The van der Waals surface area contributed by atoms with Gasteiger partial charge in [0.05, 0.1) is 0 Å². The van der Waals surface area contributed by atoms with E-state index in [4.69, 9.17) is 0 Å². The number of rotatable bonds is 0. The molecule has 0 rings (SSSR count). The summed E-state index contributed by atoms with van der Waals surface area (Å²) in [4.78, 5) is 0. The summed E-state index contributed by atoms with van der Waals surface area (Å²) in [5.74, 6) is 0. The van der Waals surface area contributed by atoms with Crippen molar-refractivity contribution in [2.45, 2.75) is 0 Å². The second-order valence-electron chi connectivity index (χ2n) is 0. The van der Waals surface area contributed by atoms with E-state index in [2.05, 4.69) is 13.2 Å². The molecule has 0 radical (unpaired) electrons. The molecule has 3 heteroatoms. The van der Waals surface area contributed by atoms with Crippen LogP contribution in [0.3, 0.4) is 0 Å². The first-order valence-electron chi connectivity index (χ1n) is 0.500. The molecule has 0 saturated carbocycles. The molecule has 0 unspecified atom stereocenters. The Kier molecular flexibility index (Phi) is 289. The van der Waals surface area contributed by atoms with Gasteiger partial charge < -0.3 is 24.8 Å². The fourth-order valence-corrected chi connectivity index (χ4v) is 0. The van der Waals surface area contributed by atoms with Gasteiger partial charge in [-0.2, -0.15) is 0 Å². The van der Waals surface area contributed by atoms with Crippen LogP contribution in [0.4, 0.5) is 0 Å². The summed E-state index contributed by atoms with van der Waals surface area (Å²) >= 11 is 0. The Bertz CT molecular complexity index is 7.61. The van der Waals surface area contributed by atoms with Gasteiger partial charge in [-0.1, -0.05) is 0 Å². The third-order valence-electron chi connectivity index (χ3n) is 0. The molecule has 0 N–H and O–H groups in total. The maximum Gasteiger partial charge on any atom is 2.00 e. The van der Waals surface area contributed by atoms with Gasteiger partial charge in [-0.25, -0.2) is 0 Å². The van der Waals surface area contributed by atoms with Crippen LogP contribution in [-0.4, -0.2) is 37.7 Å². The van der Waals surface area contributed by atoms with Gasteiger partial charge >= 0.3 is 37.7 Å². The maximum absolute atomic E-state index is 3.00. The molecule has 0 aromatic heterocycles. The van der Waals surface area contributed by atoms with Crippen LogP contribution in [0, 0.1) is 0 Å². The van der Waals surface area contributed by atoms with Crippen LogP contribution in [-0.2, 0) is 0 Å². The molecule has 0 aliphatic heterocycles. The zero-order valence-corrected chi connectivity index (χ0v) is 6.60. The van der Waals surface area contributed by atoms with Crippen molar-refractivity contribution in [3.05, 3.63) is 13.2 Å². The summed E-state index contributed by atoms with van der Waals surface area (Å²) in [7, 11) is 0. The van der Waals surface area contributed by atoms with Crippen molar-refractivity contribution in [3.63, 3.8) is 0 Å². The van der Waals surface area contributed by atoms with Crippen molar-refractivity contribution >= 4 is 37.7 Å². The van der Waals surface area contributed by atoms with Crippen LogP contribution in [0.1, 0.15) is 0 Å². The smallest absolute Gasteiger partial charge is 1.00 e. The van der Waals surface area contributed by atoms with Crippen LogP contribution in [0.5, 0.6) is 0 Å². The van der Waals surface area contributed by atoms with Gasteiger partial charge in [0.25, 0.3) is 0 Å². The summed E-state index contributed by atoms with van der Waals surface area (Å²) in [5.41, 5.74) is 0. The quantitative estimate of drug-likeness (QED) is 0.232. The van der Waals surface area contributed by atoms with Crippen LogP contribution in [0.25, 0.3) is 0 Å². The molecule has 0 atom stereocenters. The molecule has 0 saturated heterocycles. The largest absolute Gasteiger partial charge is 2.00 e. The average molecular weight is 139 g/mol. The molecule has 0 amide bonds. The first kappa shape index (κ1) is 30.8. The Morgan fingerprint density at radius 2 is 0.800 bits per heavy atom. The first-order valence-corrected chi connectivity index (χ1v) is 0.500. The molecule has 0 aliphatic carbocycles. The van der Waals surface area contributed by atoms with E-state index in [-0.39, 0.29) is 62.6 Å². The van der Waals surface area contributed by atoms with Crippen molar-refractivity contribution in [1.82, 2.24) is 0 Å². The van der Waals surface area contributed by atoms with E-state index in [1.165, 1.54) is 0 Å². The second kappa shape index (κ2) is 46.9. The minimum absolute atomic E-state index is 0. The molecular weight excluding hydrogens is 135 g/mol. The summed E-state index contributed by atoms with van der Waals surface area (Å²) in [5, 5.41) is 0. The van der Waals surface area contributed by atoms with E-state index in [1.54, 1.807) is 0 Å². The van der Waals surface area contributed by atoms with Gasteiger partial charge in [-0.15, -0.1) is 13.2 Å². The van der Waals surface area contributed by atoms with E-state index in [0.29, 0.717) is 0 Å². The molecular formula is C2H4CaCl2. The minimum Gasteiger partial charge on any atom is -1.00 e. The monoisotopic (exact) mass is 138 g/mol. The maximum atomic E-state index is 3.00. The molecule has 0 aromatic carbocycles. The Hall–Kier alpha value is 1.58. The van der Waals surface area contributed by atoms with Crippen molar-refractivity contribution in [1.29, 1.82) is 0 Å². The average Bonchev–Trinajstić information content (AvgIpc) is 1.00. The van der Waals surface area contributed by atoms with Gasteiger partial charge in [0.15, 0.2) is 0 Å². The van der Waals surface area contributed by atoms with Crippen molar-refractivity contribution in [2.24, 2.45) is 0 Å². The summed E-state index contributed by atoms with van der Waals surface area (Å²) in [6.45, 7) is 6.00. The zero-order valence-electron chi connectivity index (χ0n) is 2.88. The zero-order chi connectivity index (χ0) is 2.00. The van der Waals surface area contributed by atoms with Crippen LogP contribution in [0.2, 0.25) is 0 Å². The normalized spacial score (nSPS) is 0.800. The number of hydrogen-bond donors (Lipinski definition) is 0. The summed E-state index contributed by atoms with van der Waals surface area (Å²) in [6, 6.07) is 0. The Balaban J connectivity index is -0.00000000167. The van der Waals surface area contributed by atoms with Crippen molar-refractivity contribution in [2.75, 3.05) is 0 Å². The Labute approximate surface area is 74.8 Å². The van der Waals surface area contributed by atoms with E-state index in [9.17, 15) is 0 Å². The fraction of sp³-hybridized carbons (Fsp3) is 0. The van der Waals surface area contributed by atoms with Gasteiger partial charge in [-0.3, -0.25) is 0 Å². The molecule has 28 valence electrons. The second-order valence-corrected chi connectivity index (χ2v) is 0. The van der Waals surface area contributed by atoms with Gasteiger partial charge in [0.2, 0.25) is 0 Å².